The first-order valence-electron chi connectivity index (χ1n) is 9.49. The van der Waals surface area contributed by atoms with Gasteiger partial charge in [0.25, 0.3) is 5.56 Å². The van der Waals surface area contributed by atoms with Crippen molar-refractivity contribution in [2.45, 2.75) is 12.3 Å². The topological polar surface area (TPSA) is 104 Å². The highest BCUT2D eigenvalue weighted by Gasteiger charge is 2.28. The van der Waals surface area contributed by atoms with Gasteiger partial charge in [-0.05, 0) is 22.3 Å². The maximum absolute atomic E-state index is 12.1. The van der Waals surface area contributed by atoms with Crippen LogP contribution in [0.15, 0.2) is 59.7 Å². The number of nitrogens with zero attached hydrogens (tertiary/aromatic N) is 1. The average Bonchev–Trinajstić information content (AvgIpc) is 3.08. The normalized spacial score (nSPS) is 11.7. The molecular weight excluding hydrogens is 382 g/mol. The summed E-state index contributed by atoms with van der Waals surface area (Å²) in [6.45, 7) is 0.493. The number of hydrogen-bond acceptors (Lipinski definition) is 5. The number of aromatic amines is 1. The minimum Gasteiger partial charge on any atom is -0.492 e. The highest BCUT2D eigenvalue weighted by molar-refractivity contribution is 5.79. The molecule has 0 saturated heterocycles. The number of carbonyl (C=O) groups is 1. The Labute approximate surface area is 172 Å². The van der Waals surface area contributed by atoms with Crippen molar-refractivity contribution in [3.63, 3.8) is 0 Å². The Kier molecular flexibility index (Phi) is 5.48. The van der Waals surface area contributed by atoms with Crippen molar-refractivity contribution in [1.29, 1.82) is 0 Å². The lowest BCUT2D eigenvalue weighted by atomic mass is 9.98. The van der Waals surface area contributed by atoms with Crippen molar-refractivity contribution in [3.05, 3.63) is 81.9 Å². The van der Waals surface area contributed by atoms with Crippen LogP contribution in [0, 0.1) is 11.8 Å². The number of alkyl carbamates (subject to hydrolysis) is 1. The molecule has 0 radical (unpaired) electrons. The molecule has 0 bridgehead atoms. The highest BCUT2D eigenvalue weighted by atomic mass is 16.5. The molecule has 30 heavy (non-hydrogen) atoms. The van der Waals surface area contributed by atoms with Gasteiger partial charge in [0.05, 0.1) is 6.33 Å². The number of fused-ring (bicyclic) bond motifs is 3. The van der Waals surface area contributed by atoms with Gasteiger partial charge >= 0.3 is 6.09 Å². The lowest BCUT2D eigenvalue weighted by Gasteiger charge is -2.14. The summed E-state index contributed by atoms with van der Waals surface area (Å²) in [5.74, 6) is 4.86. The summed E-state index contributed by atoms with van der Waals surface area (Å²) >= 11 is 0. The van der Waals surface area contributed by atoms with Gasteiger partial charge in [0, 0.05) is 18.9 Å². The maximum atomic E-state index is 12.1. The standard InChI is InChI=1S/C23H19N3O4/c27-21-19(22(28)26-14-25-21)11-5-6-12-24-23(29)30-13-20-17-9-3-1-7-15(17)16-8-2-4-10-18(16)20/h1-4,7-10,14,20H,6,12-13H2,(H,24,29)(H2,25,26,27,28). The Morgan fingerprint density at radius 2 is 1.80 bits per heavy atom. The van der Waals surface area contributed by atoms with Gasteiger partial charge in [0.1, 0.15) is 6.61 Å². The third kappa shape index (κ3) is 3.89. The van der Waals surface area contributed by atoms with E-state index in [0.29, 0.717) is 0 Å². The van der Waals surface area contributed by atoms with Gasteiger partial charge in [-0.15, -0.1) is 0 Å². The van der Waals surface area contributed by atoms with E-state index >= 15 is 0 Å². The molecule has 3 aromatic rings. The molecule has 3 N–H and O–H groups in total. The zero-order valence-electron chi connectivity index (χ0n) is 16.0. The van der Waals surface area contributed by atoms with Gasteiger partial charge in [-0.3, -0.25) is 4.79 Å². The molecule has 0 atom stereocenters. The summed E-state index contributed by atoms with van der Waals surface area (Å²) in [4.78, 5) is 29.5. The van der Waals surface area contributed by atoms with E-state index < -0.39 is 17.5 Å². The van der Waals surface area contributed by atoms with Gasteiger partial charge in [-0.25, -0.2) is 9.78 Å². The second-order valence-electron chi connectivity index (χ2n) is 6.73. The molecule has 1 amide bonds. The van der Waals surface area contributed by atoms with Crippen LogP contribution in [-0.2, 0) is 4.74 Å². The minimum atomic E-state index is -0.527. The predicted molar refractivity (Wildman–Crippen MR) is 111 cm³/mol. The van der Waals surface area contributed by atoms with Gasteiger partial charge in [0.15, 0.2) is 5.56 Å². The molecule has 0 fully saturated rings. The predicted octanol–water partition coefficient (Wildman–Crippen LogP) is 2.76. The fraction of sp³-hybridized carbons (Fsp3) is 0.174. The summed E-state index contributed by atoms with van der Waals surface area (Å²) in [5.41, 5.74) is 4.04. The van der Waals surface area contributed by atoms with Crippen LogP contribution in [0.5, 0.6) is 5.88 Å². The maximum Gasteiger partial charge on any atom is 0.407 e. The number of carbonyl (C=O) groups excluding carboxylic acids is 1. The zero-order chi connectivity index (χ0) is 20.9. The van der Waals surface area contributed by atoms with Crippen molar-refractivity contribution in [1.82, 2.24) is 15.3 Å². The van der Waals surface area contributed by atoms with E-state index in [1.165, 1.54) is 11.1 Å². The summed E-state index contributed by atoms with van der Waals surface area (Å²) in [6, 6.07) is 16.3. The van der Waals surface area contributed by atoms with Crippen LogP contribution < -0.4 is 10.9 Å². The first-order chi connectivity index (χ1) is 14.6. The summed E-state index contributed by atoms with van der Waals surface area (Å²) in [6.07, 6.45) is 0.861. The number of aromatic hydroxyl groups is 1. The van der Waals surface area contributed by atoms with Crippen molar-refractivity contribution >= 4 is 6.09 Å². The van der Waals surface area contributed by atoms with E-state index in [-0.39, 0.29) is 31.1 Å². The molecule has 1 heterocycles. The van der Waals surface area contributed by atoms with E-state index in [4.69, 9.17) is 4.74 Å². The third-order valence-electron chi connectivity index (χ3n) is 4.91. The van der Waals surface area contributed by atoms with E-state index in [1.54, 1.807) is 0 Å². The van der Waals surface area contributed by atoms with Crippen molar-refractivity contribution < 1.29 is 14.6 Å². The molecule has 1 aliphatic carbocycles. The number of H-pyrrole nitrogens is 1. The van der Waals surface area contributed by atoms with E-state index in [2.05, 4.69) is 51.4 Å². The van der Waals surface area contributed by atoms with Gasteiger partial charge < -0.3 is 20.1 Å². The number of ether oxygens (including phenoxy) is 1. The van der Waals surface area contributed by atoms with Crippen LogP contribution in [-0.4, -0.2) is 34.3 Å². The van der Waals surface area contributed by atoms with E-state index in [1.807, 2.05) is 24.3 Å². The molecule has 2 aromatic carbocycles. The molecule has 4 rings (SSSR count). The highest BCUT2D eigenvalue weighted by Crippen LogP contribution is 2.44. The Morgan fingerprint density at radius 3 is 2.47 bits per heavy atom. The zero-order valence-corrected chi connectivity index (χ0v) is 16.0. The van der Waals surface area contributed by atoms with Crippen molar-refractivity contribution in [2.75, 3.05) is 13.2 Å². The summed E-state index contributed by atoms with van der Waals surface area (Å²) in [5, 5.41) is 12.2. The van der Waals surface area contributed by atoms with Gasteiger partial charge in [-0.2, -0.15) is 0 Å². The number of rotatable bonds is 4. The van der Waals surface area contributed by atoms with Crippen LogP contribution >= 0.6 is 0 Å². The number of amides is 1. The average molecular weight is 401 g/mol. The lowest BCUT2D eigenvalue weighted by Crippen LogP contribution is -2.26. The Balaban J connectivity index is 1.31. The second-order valence-corrected chi connectivity index (χ2v) is 6.73. The molecule has 7 heteroatoms. The van der Waals surface area contributed by atoms with E-state index in [9.17, 15) is 14.7 Å². The third-order valence-corrected chi connectivity index (χ3v) is 4.91. The van der Waals surface area contributed by atoms with Crippen LogP contribution in [0.1, 0.15) is 29.0 Å². The lowest BCUT2D eigenvalue weighted by molar-refractivity contribution is 0.143. The summed E-state index contributed by atoms with van der Waals surface area (Å²) in [7, 11) is 0. The number of aromatic nitrogens is 2. The molecule has 1 aliphatic rings. The van der Waals surface area contributed by atoms with Crippen LogP contribution in [0.4, 0.5) is 4.79 Å². The van der Waals surface area contributed by atoms with E-state index in [0.717, 1.165) is 17.5 Å². The molecule has 1 aromatic heterocycles. The minimum absolute atomic E-state index is 0.00298. The fourth-order valence-electron chi connectivity index (χ4n) is 3.53. The largest absolute Gasteiger partial charge is 0.492 e. The Bertz CT molecular complexity index is 1160. The molecular formula is C23H19N3O4. The quantitative estimate of drug-likeness (QED) is 0.461. The second kappa shape index (κ2) is 8.53. The van der Waals surface area contributed by atoms with Crippen LogP contribution in [0.25, 0.3) is 11.1 Å². The number of nitrogens with one attached hydrogen (secondary N) is 2. The number of benzene rings is 2. The molecule has 150 valence electrons. The first-order valence-corrected chi connectivity index (χ1v) is 9.49. The van der Waals surface area contributed by atoms with Gasteiger partial charge in [0.2, 0.25) is 5.88 Å². The molecule has 0 spiro atoms. The molecule has 0 unspecified atom stereocenters. The molecule has 0 aliphatic heterocycles. The Morgan fingerprint density at radius 1 is 1.13 bits per heavy atom. The fourth-order valence-corrected chi connectivity index (χ4v) is 3.53. The van der Waals surface area contributed by atoms with Crippen LogP contribution in [0.2, 0.25) is 0 Å². The number of hydrogen-bond donors (Lipinski definition) is 3. The molecule has 0 saturated carbocycles. The first kappa shape index (κ1) is 19.3. The van der Waals surface area contributed by atoms with Gasteiger partial charge in [-0.1, -0.05) is 60.4 Å². The molecule has 7 nitrogen and oxygen atoms in total. The monoisotopic (exact) mass is 401 g/mol. The van der Waals surface area contributed by atoms with Crippen molar-refractivity contribution in [3.8, 4) is 28.8 Å². The Hall–Kier alpha value is -4.05. The summed E-state index contributed by atoms with van der Waals surface area (Å²) < 4.78 is 5.44. The van der Waals surface area contributed by atoms with Crippen LogP contribution in [0.3, 0.4) is 0 Å². The SMILES string of the molecule is O=C(NCCC#Cc1c(O)nc[nH]c1=O)OCC1c2ccccc2-c2ccccc21. The smallest absolute Gasteiger partial charge is 0.407 e. The van der Waals surface area contributed by atoms with Crippen molar-refractivity contribution in [2.24, 2.45) is 0 Å².